The van der Waals surface area contributed by atoms with E-state index in [2.05, 4.69) is 5.32 Å². The molecule has 1 heterocycles. The Labute approximate surface area is 154 Å². The van der Waals surface area contributed by atoms with E-state index in [9.17, 15) is 14.9 Å². The van der Waals surface area contributed by atoms with Crippen molar-refractivity contribution < 1.29 is 9.66 Å². The van der Waals surface area contributed by atoms with Crippen molar-refractivity contribution in [1.29, 1.82) is 0 Å². The van der Waals surface area contributed by atoms with Gasteiger partial charge in [0, 0.05) is 34.9 Å². The SMILES string of the molecule is COc1ccc2c(=O)c3c(NCCN(C)C)ccc([N+](=O)[O-])c3sc2c1. The van der Waals surface area contributed by atoms with Crippen LogP contribution in [0.15, 0.2) is 35.1 Å². The number of fused-ring (bicyclic) bond motifs is 2. The molecule has 0 aliphatic rings. The van der Waals surface area contributed by atoms with E-state index in [0.29, 0.717) is 38.2 Å². The zero-order chi connectivity index (χ0) is 18.8. The van der Waals surface area contributed by atoms with Crippen LogP contribution >= 0.6 is 11.3 Å². The van der Waals surface area contributed by atoms with Gasteiger partial charge in [0.05, 0.1) is 17.4 Å². The van der Waals surface area contributed by atoms with E-state index in [1.807, 2.05) is 19.0 Å². The summed E-state index contributed by atoms with van der Waals surface area (Å²) in [6.07, 6.45) is 0. The molecule has 26 heavy (non-hydrogen) atoms. The molecule has 1 N–H and O–H groups in total. The molecule has 0 unspecified atom stereocenters. The van der Waals surface area contributed by atoms with Crippen molar-refractivity contribution in [3.8, 4) is 5.75 Å². The number of benzene rings is 2. The topological polar surface area (TPSA) is 84.7 Å². The largest absolute Gasteiger partial charge is 0.497 e. The highest BCUT2D eigenvalue weighted by Crippen LogP contribution is 2.36. The molecule has 0 radical (unpaired) electrons. The fourth-order valence-electron chi connectivity index (χ4n) is 2.75. The first-order chi connectivity index (χ1) is 12.4. The molecule has 0 aliphatic carbocycles. The number of nitro benzene ring substituents is 1. The Kier molecular flexibility index (Phi) is 5.06. The van der Waals surface area contributed by atoms with Gasteiger partial charge in [-0.3, -0.25) is 14.9 Å². The van der Waals surface area contributed by atoms with Crippen molar-refractivity contribution in [3.05, 3.63) is 50.7 Å². The third-order valence-corrected chi connectivity index (χ3v) is 5.26. The number of rotatable bonds is 6. The summed E-state index contributed by atoms with van der Waals surface area (Å²) in [6, 6.07) is 8.21. The average Bonchev–Trinajstić information content (AvgIpc) is 2.60. The number of non-ortho nitro benzene ring substituents is 1. The predicted molar refractivity (Wildman–Crippen MR) is 106 cm³/mol. The molecule has 0 amide bonds. The maximum Gasteiger partial charge on any atom is 0.287 e. The van der Waals surface area contributed by atoms with Gasteiger partial charge >= 0.3 is 0 Å². The van der Waals surface area contributed by atoms with Crippen LogP contribution in [0.4, 0.5) is 11.4 Å². The highest BCUT2D eigenvalue weighted by atomic mass is 32.1. The Hall–Kier alpha value is -2.71. The quantitative estimate of drug-likeness (QED) is 0.405. The first kappa shape index (κ1) is 18.1. The Balaban J connectivity index is 2.27. The number of anilines is 1. The summed E-state index contributed by atoms with van der Waals surface area (Å²) in [4.78, 5) is 26.1. The van der Waals surface area contributed by atoms with Crippen molar-refractivity contribution >= 4 is 42.9 Å². The van der Waals surface area contributed by atoms with Gasteiger partial charge in [0.15, 0.2) is 5.43 Å². The monoisotopic (exact) mass is 373 g/mol. The molecule has 0 saturated carbocycles. The van der Waals surface area contributed by atoms with E-state index in [1.54, 1.807) is 31.4 Å². The third-order valence-electron chi connectivity index (χ3n) is 4.08. The standard InChI is InChI=1S/C18H19N3O4S/c1-20(2)9-8-19-13-6-7-14(21(23)24)18-16(13)17(22)12-5-4-11(25-3)10-15(12)26-18/h4-7,10,19H,8-9H2,1-3H3. The lowest BCUT2D eigenvalue weighted by Gasteiger charge is -2.13. The maximum atomic E-state index is 13.1. The van der Waals surface area contributed by atoms with Crippen molar-refractivity contribution in [2.24, 2.45) is 0 Å². The Morgan fingerprint density at radius 2 is 2.04 bits per heavy atom. The summed E-state index contributed by atoms with van der Waals surface area (Å²) in [5.74, 6) is 0.607. The predicted octanol–water partition coefficient (Wildman–Crippen LogP) is 3.31. The zero-order valence-corrected chi connectivity index (χ0v) is 15.6. The second-order valence-corrected chi connectivity index (χ2v) is 7.17. The molecule has 0 fully saturated rings. The minimum atomic E-state index is -0.451. The summed E-state index contributed by atoms with van der Waals surface area (Å²) >= 11 is 1.23. The summed E-state index contributed by atoms with van der Waals surface area (Å²) in [6.45, 7) is 1.41. The van der Waals surface area contributed by atoms with Crippen LogP contribution in [0.25, 0.3) is 20.2 Å². The molecule has 0 saturated heterocycles. The van der Waals surface area contributed by atoms with Crippen LogP contribution in [0.2, 0.25) is 0 Å². The van der Waals surface area contributed by atoms with Crippen molar-refractivity contribution in [2.45, 2.75) is 0 Å². The van der Waals surface area contributed by atoms with Crippen LogP contribution in [-0.2, 0) is 0 Å². The molecule has 1 aromatic heterocycles. The van der Waals surface area contributed by atoms with E-state index in [4.69, 9.17) is 4.74 Å². The number of ether oxygens (including phenoxy) is 1. The number of nitrogens with zero attached hydrogens (tertiary/aromatic N) is 2. The van der Waals surface area contributed by atoms with Crippen LogP contribution in [0.3, 0.4) is 0 Å². The van der Waals surface area contributed by atoms with E-state index in [0.717, 1.165) is 6.54 Å². The maximum absolute atomic E-state index is 13.1. The molecule has 7 nitrogen and oxygen atoms in total. The molecule has 0 bridgehead atoms. The average molecular weight is 373 g/mol. The Bertz CT molecular complexity index is 1050. The van der Waals surface area contributed by atoms with Gasteiger partial charge < -0.3 is 15.0 Å². The molecule has 0 spiro atoms. The number of nitro groups is 1. The summed E-state index contributed by atoms with van der Waals surface area (Å²) in [7, 11) is 5.45. The zero-order valence-electron chi connectivity index (χ0n) is 14.7. The highest BCUT2D eigenvalue weighted by Gasteiger charge is 2.20. The van der Waals surface area contributed by atoms with E-state index in [1.165, 1.54) is 17.4 Å². The van der Waals surface area contributed by atoms with Gasteiger partial charge in [0.1, 0.15) is 10.4 Å². The molecule has 0 aliphatic heterocycles. The van der Waals surface area contributed by atoms with Crippen LogP contribution in [0.1, 0.15) is 0 Å². The van der Waals surface area contributed by atoms with Crippen LogP contribution in [0, 0.1) is 10.1 Å². The molecular formula is C18H19N3O4S. The van der Waals surface area contributed by atoms with Crippen molar-refractivity contribution in [1.82, 2.24) is 4.90 Å². The van der Waals surface area contributed by atoms with Gasteiger partial charge in [-0.05, 0) is 38.4 Å². The molecule has 0 atom stereocenters. The molecule has 2 aromatic carbocycles. The number of likely N-dealkylation sites (N-methyl/N-ethyl adjacent to an activating group) is 1. The van der Waals surface area contributed by atoms with Crippen LogP contribution in [-0.4, -0.2) is 44.1 Å². The molecule has 3 aromatic rings. The summed E-state index contributed by atoms with van der Waals surface area (Å²) in [5.41, 5.74) is 0.337. The fraction of sp³-hybridized carbons (Fsp3) is 0.278. The van der Waals surface area contributed by atoms with E-state index in [-0.39, 0.29) is 11.1 Å². The lowest BCUT2D eigenvalue weighted by atomic mass is 10.1. The summed E-state index contributed by atoms with van der Waals surface area (Å²) < 4.78 is 6.24. The van der Waals surface area contributed by atoms with E-state index >= 15 is 0 Å². The van der Waals surface area contributed by atoms with Crippen molar-refractivity contribution in [3.63, 3.8) is 0 Å². The van der Waals surface area contributed by atoms with Gasteiger partial charge in [0.2, 0.25) is 0 Å². The third kappa shape index (κ3) is 3.33. The number of hydrogen-bond acceptors (Lipinski definition) is 7. The minimum Gasteiger partial charge on any atom is -0.497 e. The smallest absolute Gasteiger partial charge is 0.287 e. The molecular weight excluding hydrogens is 354 g/mol. The van der Waals surface area contributed by atoms with Gasteiger partial charge in [-0.15, -0.1) is 11.3 Å². The lowest BCUT2D eigenvalue weighted by molar-refractivity contribution is -0.382. The Morgan fingerprint density at radius 1 is 1.27 bits per heavy atom. The first-order valence-electron chi connectivity index (χ1n) is 8.03. The fourth-order valence-corrected chi connectivity index (χ4v) is 3.97. The second kappa shape index (κ2) is 7.27. The van der Waals surface area contributed by atoms with Gasteiger partial charge in [0.25, 0.3) is 5.69 Å². The first-order valence-corrected chi connectivity index (χ1v) is 8.84. The lowest BCUT2D eigenvalue weighted by Crippen LogP contribution is -2.21. The van der Waals surface area contributed by atoms with Gasteiger partial charge in [-0.25, -0.2) is 0 Å². The van der Waals surface area contributed by atoms with Gasteiger partial charge in [-0.1, -0.05) is 0 Å². The van der Waals surface area contributed by atoms with Crippen molar-refractivity contribution in [2.75, 3.05) is 39.6 Å². The second-order valence-electron chi connectivity index (χ2n) is 6.12. The Morgan fingerprint density at radius 3 is 2.69 bits per heavy atom. The molecule has 8 heteroatoms. The minimum absolute atomic E-state index is 0.0648. The number of nitrogens with one attached hydrogen (secondary N) is 1. The normalized spacial score (nSPS) is 11.2. The highest BCUT2D eigenvalue weighted by molar-refractivity contribution is 7.25. The number of hydrogen-bond donors (Lipinski definition) is 1. The number of methoxy groups -OCH3 is 1. The molecule has 136 valence electrons. The van der Waals surface area contributed by atoms with Crippen LogP contribution < -0.4 is 15.5 Å². The molecule has 3 rings (SSSR count). The van der Waals surface area contributed by atoms with E-state index < -0.39 is 4.92 Å². The summed E-state index contributed by atoms with van der Waals surface area (Å²) in [5, 5.41) is 15.6. The van der Waals surface area contributed by atoms with Crippen LogP contribution in [0.5, 0.6) is 5.75 Å². The van der Waals surface area contributed by atoms with Gasteiger partial charge in [-0.2, -0.15) is 0 Å².